The number of piperazine rings is 1. The summed E-state index contributed by atoms with van der Waals surface area (Å²) >= 11 is 0. The molecule has 1 aliphatic rings. The van der Waals surface area contributed by atoms with Gasteiger partial charge in [-0.2, -0.15) is 0 Å². The zero-order valence-corrected chi connectivity index (χ0v) is 17.8. The molecule has 5 nitrogen and oxygen atoms in total. The number of benzene rings is 2. The number of carbonyl (C=O) groups excluding carboxylic acids is 1. The minimum Gasteiger partial charge on any atom is -0.350 e. The molecule has 0 saturated carbocycles. The lowest BCUT2D eigenvalue weighted by Crippen LogP contribution is -2.43. The van der Waals surface area contributed by atoms with E-state index in [-0.39, 0.29) is 36.8 Å². The molecule has 1 saturated heterocycles. The Hall–Kier alpha value is -1.63. The van der Waals surface area contributed by atoms with Gasteiger partial charge in [-0.15, -0.1) is 24.8 Å². The van der Waals surface area contributed by atoms with Crippen molar-refractivity contribution >= 4 is 30.7 Å². The molecule has 1 atom stereocenters. The van der Waals surface area contributed by atoms with Gasteiger partial charge in [0.05, 0.1) is 0 Å². The van der Waals surface area contributed by atoms with Crippen molar-refractivity contribution in [3.8, 4) is 0 Å². The highest BCUT2D eigenvalue weighted by molar-refractivity contribution is 5.94. The quantitative estimate of drug-likeness (QED) is 0.747. The Kier molecular flexibility index (Phi) is 10.5. The van der Waals surface area contributed by atoms with E-state index in [1.54, 1.807) is 0 Å². The molecule has 0 aromatic heterocycles. The third kappa shape index (κ3) is 7.08. The Balaban J connectivity index is 0.00000196. The standard InChI is InChI=1S/C21H28N4O.2ClH/c1-24-10-12-25(13-11-24)16-17-6-5-9-19(14-17)21(26)23-15-20(22)18-7-3-2-4-8-18;;/h2-9,14,20H,10-13,15-16,22H2,1H3,(H,23,26);2*1H. The van der Waals surface area contributed by atoms with Crippen LogP contribution in [0.1, 0.15) is 27.5 Å². The molecule has 154 valence electrons. The zero-order valence-electron chi connectivity index (χ0n) is 16.2. The fourth-order valence-corrected chi connectivity index (χ4v) is 3.20. The number of nitrogens with zero attached hydrogens (tertiary/aromatic N) is 2. The summed E-state index contributed by atoms with van der Waals surface area (Å²) in [5.74, 6) is -0.0726. The summed E-state index contributed by atoms with van der Waals surface area (Å²) in [6.07, 6.45) is 0. The van der Waals surface area contributed by atoms with Gasteiger partial charge in [-0.25, -0.2) is 0 Å². The van der Waals surface area contributed by atoms with Crippen molar-refractivity contribution < 1.29 is 4.79 Å². The Morgan fingerprint density at radius 2 is 1.71 bits per heavy atom. The van der Waals surface area contributed by atoms with Crippen molar-refractivity contribution in [3.05, 3.63) is 71.3 Å². The van der Waals surface area contributed by atoms with Crippen molar-refractivity contribution in [1.82, 2.24) is 15.1 Å². The van der Waals surface area contributed by atoms with Crippen LogP contribution < -0.4 is 11.1 Å². The average Bonchev–Trinajstić information content (AvgIpc) is 2.68. The van der Waals surface area contributed by atoms with Crippen LogP contribution in [0.2, 0.25) is 0 Å². The fourth-order valence-electron chi connectivity index (χ4n) is 3.20. The Morgan fingerprint density at radius 3 is 2.39 bits per heavy atom. The minimum atomic E-state index is -0.200. The summed E-state index contributed by atoms with van der Waals surface area (Å²) in [6, 6.07) is 17.5. The Morgan fingerprint density at radius 1 is 1.04 bits per heavy atom. The molecule has 0 spiro atoms. The van der Waals surface area contributed by atoms with Crippen LogP contribution in [-0.4, -0.2) is 55.5 Å². The molecule has 0 aliphatic carbocycles. The maximum atomic E-state index is 12.5. The van der Waals surface area contributed by atoms with Gasteiger partial charge in [-0.05, 0) is 30.3 Å². The number of nitrogens with one attached hydrogen (secondary N) is 1. The predicted molar refractivity (Wildman–Crippen MR) is 119 cm³/mol. The molecule has 1 fully saturated rings. The maximum Gasteiger partial charge on any atom is 0.251 e. The van der Waals surface area contributed by atoms with E-state index < -0.39 is 0 Å². The first kappa shape index (κ1) is 24.4. The molecular formula is C21H30Cl2N4O. The van der Waals surface area contributed by atoms with Gasteiger partial charge in [-0.1, -0.05) is 42.5 Å². The van der Waals surface area contributed by atoms with E-state index in [2.05, 4.69) is 28.2 Å². The highest BCUT2D eigenvalue weighted by Crippen LogP contribution is 2.12. The van der Waals surface area contributed by atoms with Gasteiger partial charge in [0.1, 0.15) is 0 Å². The molecule has 2 aromatic carbocycles. The van der Waals surface area contributed by atoms with Crippen LogP contribution in [0.3, 0.4) is 0 Å². The van der Waals surface area contributed by atoms with Gasteiger partial charge < -0.3 is 16.0 Å². The number of amides is 1. The van der Waals surface area contributed by atoms with Crippen molar-refractivity contribution in [2.45, 2.75) is 12.6 Å². The lowest BCUT2D eigenvalue weighted by molar-refractivity contribution is 0.0951. The van der Waals surface area contributed by atoms with E-state index >= 15 is 0 Å². The normalized spacial score (nSPS) is 15.8. The lowest BCUT2D eigenvalue weighted by Gasteiger charge is -2.32. The van der Waals surface area contributed by atoms with Crippen LogP contribution in [0.25, 0.3) is 0 Å². The molecule has 0 radical (unpaired) electrons. The van der Waals surface area contributed by atoms with Crippen molar-refractivity contribution in [2.75, 3.05) is 39.8 Å². The SMILES string of the molecule is CN1CCN(Cc2cccc(C(=O)NCC(N)c3ccccc3)c2)CC1.Cl.Cl. The second-order valence-electron chi connectivity index (χ2n) is 7.01. The largest absolute Gasteiger partial charge is 0.350 e. The maximum absolute atomic E-state index is 12.5. The first-order valence-corrected chi connectivity index (χ1v) is 9.20. The second-order valence-corrected chi connectivity index (χ2v) is 7.01. The van der Waals surface area contributed by atoms with E-state index in [9.17, 15) is 4.79 Å². The Labute approximate surface area is 180 Å². The molecule has 1 unspecified atom stereocenters. The van der Waals surface area contributed by atoms with Gasteiger partial charge in [0, 0.05) is 50.9 Å². The van der Waals surface area contributed by atoms with Crippen LogP contribution in [0, 0.1) is 0 Å². The fraction of sp³-hybridized carbons (Fsp3) is 0.381. The highest BCUT2D eigenvalue weighted by Gasteiger charge is 2.15. The molecule has 1 amide bonds. The summed E-state index contributed by atoms with van der Waals surface area (Å²) in [7, 11) is 2.16. The molecule has 1 aliphatic heterocycles. The number of nitrogens with two attached hydrogens (primary N) is 1. The molecule has 3 N–H and O–H groups in total. The van der Waals surface area contributed by atoms with E-state index in [1.807, 2.05) is 48.5 Å². The van der Waals surface area contributed by atoms with Crippen LogP contribution in [0.5, 0.6) is 0 Å². The van der Waals surface area contributed by atoms with E-state index in [1.165, 1.54) is 5.56 Å². The molecule has 0 bridgehead atoms. The monoisotopic (exact) mass is 424 g/mol. The van der Waals surface area contributed by atoms with Crippen molar-refractivity contribution in [3.63, 3.8) is 0 Å². The average molecular weight is 425 g/mol. The van der Waals surface area contributed by atoms with Crippen LogP contribution in [0.4, 0.5) is 0 Å². The molecule has 2 aromatic rings. The van der Waals surface area contributed by atoms with Gasteiger partial charge in [0.2, 0.25) is 0 Å². The number of likely N-dealkylation sites (N-methyl/N-ethyl adjacent to an activating group) is 1. The summed E-state index contributed by atoms with van der Waals surface area (Å²) < 4.78 is 0. The molecule has 1 heterocycles. The van der Waals surface area contributed by atoms with E-state index in [0.29, 0.717) is 12.1 Å². The first-order valence-electron chi connectivity index (χ1n) is 9.20. The Bertz CT molecular complexity index is 721. The second kappa shape index (κ2) is 12.0. The molecule has 7 heteroatoms. The number of rotatable bonds is 6. The van der Waals surface area contributed by atoms with Gasteiger partial charge in [-0.3, -0.25) is 9.69 Å². The van der Waals surface area contributed by atoms with Gasteiger partial charge >= 0.3 is 0 Å². The van der Waals surface area contributed by atoms with E-state index in [0.717, 1.165) is 38.3 Å². The highest BCUT2D eigenvalue weighted by atomic mass is 35.5. The third-order valence-electron chi connectivity index (χ3n) is 4.90. The van der Waals surface area contributed by atoms with Gasteiger partial charge in [0.15, 0.2) is 0 Å². The van der Waals surface area contributed by atoms with Crippen molar-refractivity contribution in [1.29, 1.82) is 0 Å². The third-order valence-corrected chi connectivity index (χ3v) is 4.90. The van der Waals surface area contributed by atoms with Crippen LogP contribution in [0.15, 0.2) is 54.6 Å². The number of hydrogen-bond acceptors (Lipinski definition) is 4. The van der Waals surface area contributed by atoms with Gasteiger partial charge in [0.25, 0.3) is 5.91 Å². The topological polar surface area (TPSA) is 61.6 Å². The summed E-state index contributed by atoms with van der Waals surface area (Å²) in [6.45, 7) is 5.64. The molecular weight excluding hydrogens is 395 g/mol. The predicted octanol–water partition coefficient (Wildman–Crippen LogP) is 2.71. The lowest BCUT2D eigenvalue weighted by atomic mass is 10.1. The number of halogens is 2. The van der Waals surface area contributed by atoms with Crippen LogP contribution in [-0.2, 0) is 6.54 Å². The summed E-state index contributed by atoms with van der Waals surface area (Å²) in [5, 5.41) is 2.95. The smallest absolute Gasteiger partial charge is 0.251 e. The summed E-state index contributed by atoms with van der Waals surface area (Å²) in [4.78, 5) is 17.3. The van der Waals surface area contributed by atoms with E-state index in [4.69, 9.17) is 5.73 Å². The molecule has 3 rings (SSSR count). The minimum absolute atomic E-state index is 0. The molecule has 28 heavy (non-hydrogen) atoms. The zero-order chi connectivity index (χ0) is 18.4. The first-order chi connectivity index (χ1) is 12.6. The number of hydrogen-bond donors (Lipinski definition) is 2. The summed E-state index contributed by atoms with van der Waals surface area (Å²) in [5.41, 5.74) is 9.05. The van der Waals surface area contributed by atoms with Crippen molar-refractivity contribution in [2.24, 2.45) is 5.73 Å². The number of carbonyl (C=O) groups is 1. The van der Waals surface area contributed by atoms with Crippen LogP contribution >= 0.6 is 24.8 Å².